The highest BCUT2D eigenvalue weighted by molar-refractivity contribution is 7.86. The van der Waals surface area contributed by atoms with Gasteiger partial charge in [0.05, 0.1) is 5.92 Å². The van der Waals surface area contributed by atoms with E-state index in [2.05, 4.69) is 4.74 Å². The first-order chi connectivity index (χ1) is 9.84. The number of carbonyl (C=O) groups excluding carboxylic acids is 1. The normalized spacial score (nSPS) is 30.4. The Kier molecular flexibility index (Phi) is 4.18. The van der Waals surface area contributed by atoms with Gasteiger partial charge in [-0.05, 0) is 31.1 Å². The van der Waals surface area contributed by atoms with Crippen LogP contribution in [0.4, 0.5) is 22.0 Å². The molecule has 0 saturated heterocycles. The van der Waals surface area contributed by atoms with Crippen LogP contribution in [0.5, 0.6) is 0 Å². The van der Waals surface area contributed by atoms with Gasteiger partial charge in [0.1, 0.15) is 0 Å². The van der Waals surface area contributed by atoms with Crippen LogP contribution in [0.1, 0.15) is 25.7 Å². The number of alkyl halides is 5. The molecule has 0 heterocycles. The summed E-state index contributed by atoms with van der Waals surface area (Å²) in [5.74, 6) is -2.61. The zero-order chi connectivity index (χ0) is 16.9. The second-order valence-electron chi connectivity index (χ2n) is 5.66. The molecule has 2 saturated carbocycles. The first kappa shape index (κ1) is 17.4. The number of fused-ring (bicyclic) bond motifs is 2. The van der Waals surface area contributed by atoms with E-state index in [1.807, 2.05) is 0 Å². The van der Waals surface area contributed by atoms with Crippen molar-refractivity contribution in [2.75, 3.05) is 0 Å². The molecule has 2 aliphatic carbocycles. The molecule has 2 rings (SSSR count). The highest BCUT2D eigenvalue weighted by Crippen LogP contribution is 2.49. The van der Waals surface area contributed by atoms with Gasteiger partial charge in [0.2, 0.25) is 0 Å². The van der Waals surface area contributed by atoms with Crippen LogP contribution in [0.2, 0.25) is 0 Å². The summed E-state index contributed by atoms with van der Waals surface area (Å²) in [5, 5.41) is -5.78. The second-order valence-corrected chi connectivity index (χ2v) is 7.11. The lowest BCUT2D eigenvalue weighted by Gasteiger charge is -2.31. The summed E-state index contributed by atoms with van der Waals surface area (Å²) >= 11 is 0. The quantitative estimate of drug-likeness (QED) is 0.440. The zero-order valence-electron chi connectivity index (χ0n) is 11.0. The van der Waals surface area contributed by atoms with Crippen molar-refractivity contribution in [3.63, 3.8) is 0 Å². The summed E-state index contributed by atoms with van der Waals surface area (Å²) in [6, 6.07) is 0. The van der Waals surface area contributed by atoms with Gasteiger partial charge in [0, 0.05) is 0 Å². The van der Waals surface area contributed by atoms with E-state index in [0.717, 1.165) is 6.42 Å². The third-order valence-corrected chi connectivity index (χ3v) is 5.09. The summed E-state index contributed by atoms with van der Waals surface area (Å²) in [7, 11) is -6.64. The predicted octanol–water partition coefficient (Wildman–Crippen LogP) is 2.03. The molecule has 0 aromatic heterocycles. The van der Waals surface area contributed by atoms with Gasteiger partial charge in [-0.1, -0.05) is 6.42 Å². The van der Waals surface area contributed by atoms with E-state index in [1.165, 1.54) is 0 Å². The fourth-order valence-corrected chi connectivity index (χ4v) is 3.64. The fraction of sp³-hybridized carbons (Fsp3) is 0.909. The first-order valence-electron chi connectivity index (χ1n) is 6.44. The number of hydrogen-bond acceptors (Lipinski definition) is 5. The molecule has 4 atom stereocenters. The third-order valence-electron chi connectivity index (χ3n) is 4.21. The average molecular weight is 351 g/mol. The van der Waals surface area contributed by atoms with Crippen molar-refractivity contribution in [2.45, 2.75) is 43.2 Å². The summed E-state index contributed by atoms with van der Waals surface area (Å²) in [6.45, 7) is 0. The lowest BCUT2D eigenvalue weighted by molar-refractivity contribution is -0.261. The SMILES string of the molecule is O=C(OC(C(F)(F)F)C(F)(F)S(=O)(=O)[O-])C1CC2CCC1C2. The Bertz CT molecular complexity index is 558. The van der Waals surface area contributed by atoms with Crippen molar-refractivity contribution in [1.82, 2.24) is 0 Å². The number of rotatable bonds is 4. The molecule has 2 bridgehead atoms. The predicted molar refractivity (Wildman–Crippen MR) is 59.5 cm³/mol. The van der Waals surface area contributed by atoms with Crippen LogP contribution in [0.15, 0.2) is 0 Å². The number of carbonyl (C=O) groups is 1. The molecule has 128 valence electrons. The smallest absolute Gasteiger partial charge is 0.432 e. The van der Waals surface area contributed by atoms with Gasteiger partial charge in [-0.2, -0.15) is 22.0 Å². The van der Waals surface area contributed by atoms with E-state index >= 15 is 0 Å². The van der Waals surface area contributed by atoms with Crippen LogP contribution in [-0.4, -0.2) is 36.5 Å². The number of ether oxygens (including phenoxy) is 1. The van der Waals surface area contributed by atoms with Crippen LogP contribution in [0.3, 0.4) is 0 Å². The average Bonchev–Trinajstić information content (AvgIpc) is 2.94. The van der Waals surface area contributed by atoms with Crippen molar-refractivity contribution in [3.05, 3.63) is 0 Å². The molecule has 0 spiro atoms. The van der Waals surface area contributed by atoms with Gasteiger partial charge >= 0.3 is 17.4 Å². The minimum absolute atomic E-state index is 0.135. The highest BCUT2D eigenvalue weighted by atomic mass is 32.2. The molecule has 2 aliphatic rings. The van der Waals surface area contributed by atoms with Gasteiger partial charge in [-0.15, -0.1) is 0 Å². The summed E-state index contributed by atoms with van der Waals surface area (Å²) in [5.41, 5.74) is 0. The van der Waals surface area contributed by atoms with E-state index in [9.17, 15) is 39.7 Å². The monoisotopic (exact) mass is 351 g/mol. The summed E-state index contributed by atoms with van der Waals surface area (Å²) in [6.07, 6.45) is -7.96. The molecule has 0 amide bonds. The Hall–Kier alpha value is -0.970. The van der Waals surface area contributed by atoms with Gasteiger partial charge in [0.15, 0.2) is 10.1 Å². The molecule has 0 N–H and O–H groups in total. The number of hydrogen-bond donors (Lipinski definition) is 0. The van der Waals surface area contributed by atoms with Gasteiger partial charge in [-0.25, -0.2) is 8.42 Å². The zero-order valence-corrected chi connectivity index (χ0v) is 11.8. The van der Waals surface area contributed by atoms with E-state index in [4.69, 9.17) is 0 Å². The van der Waals surface area contributed by atoms with E-state index in [-0.39, 0.29) is 18.3 Å². The van der Waals surface area contributed by atoms with Crippen molar-refractivity contribution >= 4 is 16.1 Å². The van der Waals surface area contributed by atoms with Crippen molar-refractivity contribution < 1.29 is 44.5 Å². The third kappa shape index (κ3) is 3.05. The molecular weight excluding hydrogens is 339 g/mol. The largest absolute Gasteiger partial charge is 0.743 e. The second kappa shape index (κ2) is 5.29. The van der Waals surface area contributed by atoms with Crippen LogP contribution < -0.4 is 0 Å². The molecule has 0 aromatic carbocycles. The molecule has 11 heteroatoms. The maximum Gasteiger partial charge on any atom is 0.432 e. The maximum absolute atomic E-state index is 13.2. The van der Waals surface area contributed by atoms with Crippen molar-refractivity contribution in [2.24, 2.45) is 17.8 Å². The maximum atomic E-state index is 13.2. The Morgan fingerprint density at radius 1 is 1.14 bits per heavy atom. The molecule has 0 radical (unpaired) electrons. The molecule has 0 aromatic rings. The Morgan fingerprint density at radius 3 is 2.09 bits per heavy atom. The topological polar surface area (TPSA) is 83.5 Å². The molecule has 2 fully saturated rings. The van der Waals surface area contributed by atoms with E-state index < -0.39 is 39.5 Å². The number of halogens is 5. The van der Waals surface area contributed by atoms with E-state index in [1.54, 1.807) is 0 Å². The van der Waals surface area contributed by atoms with Crippen molar-refractivity contribution in [3.8, 4) is 0 Å². The summed E-state index contributed by atoms with van der Waals surface area (Å²) < 4.78 is 99.2. The highest BCUT2D eigenvalue weighted by Gasteiger charge is 2.63. The lowest BCUT2D eigenvalue weighted by Crippen LogP contribution is -2.53. The van der Waals surface area contributed by atoms with Crippen molar-refractivity contribution in [1.29, 1.82) is 0 Å². The minimum atomic E-state index is -6.64. The minimum Gasteiger partial charge on any atom is -0.743 e. The lowest BCUT2D eigenvalue weighted by atomic mass is 9.89. The first-order valence-corrected chi connectivity index (χ1v) is 7.85. The van der Waals surface area contributed by atoms with Crippen LogP contribution in [-0.2, 0) is 19.6 Å². The molecule has 22 heavy (non-hydrogen) atoms. The molecular formula is C11H12F5O5S-. The van der Waals surface area contributed by atoms with Crippen LogP contribution in [0.25, 0.3) is 0 Å². The van der Waals surface area contributed by atoms with Crippen LogP contribution in [0, 0.1) is 17.8 Å². The Balaban J connectivity index is 2.19. The standard InChI is InChI=1S/C11H13F5O5S/c12-10(13,14)9(11(15,16)22(18,19)20)21-8(17)7-4-5-1-2-6(7)3-5/h5-7,9H,1-4H2,(H,18,19,20)/p-1. The van der Waals surface area contributed by atoms with Gasteiger partial charge < -0.3 is 9.29 Å². The van der Waals surface area contributed by atoms with Gasteiger partial charge in [0.25, 0.3) is 6.10 Å². The number of esters is 1. The fourth-order valence-electron chi connectivity index (χ4n) is 3.19. The van der Waals surface area contributed by atoms with Gasteiger partial charge in [-0.3, -0.25) is 4.79 Å². The molecule has 5 nitrogen and oxygen atoms in total. The molecule has 4 unspecified atom stereocenters. The van der Waals surface area contributed by atoms with E-state index in [0.29, 0.717) is 12.8 Å². The molecule has 0 aliphatic heterocycles. The summed E-state index contributed by atoms with van der Waals surface area (Å²) in [4.78, 5) is 11.7. The Labute approximate surface area is 122 Å². The Morgan fingerprint density at radius 2 is 1.73 bits per heavy atom. The van der Waals surface area contributed by atoms with Crippen LogP contribution >= 0.6 is 0 Å².